The van der Waals surface area contributed by atoms with Crippen LogP contribution in [0.5, 0.6) is 0 Å². The van der Waals surface area contributed by atoms with E-state index in [9.17, 15) is 4.79 Å². The Hall–Kier alpha value is -1.31. The lowest BCUT2D eigenvalue weighted by Gasteiger charge is -2.33. The molecular formula is C19H31NO2. The first-order valence-corrected chi connectivity index (χ1v) is 8.25. The van der Waals surface area contributed by atoms with Gasteiger partial charge in [0, 0.05) is 18.4 Å². The van der Waals surface area contributed by atoms with Crippen molar-refractivity contribution in [1.29, 1.82) is 0 Å². The van der Waals surface area contributed by atoms with Gasteiger partial charge in [-0.3, -0.25) is 4.79 Å². The van der Waals surface area contributed by atoms with E-state index in [1.54, 1.807) is 0 Å². The normalized spacial score (nSPS) is 17.9. The van der Waals surface area contributed by atoms with Crippen molar-refractivity contribution in [2.45, 2.75) is 67.0 Å². The monoisotopic (exact) mass is 305 g/mol. The molecule has 0 N–H and O–H groups in total. The van der Waals surface area contributed by atoms with Gasteiger partial charge in [0.2, 0.25) is 5.91 Å². The summed E-state index contributed by atoms with van der Waals surface area (Å²) in [5.74, 6) is 0.160. The molecule has 22 heavy (non-hydrogen) atoms. The second kappa shape index (κ2) is 8.36. The average molecular weight is 305 g/mol. The third-order valence-electron chi connectivity index (χ3n) is 3.91. The quantitative estimate of drug-likeness (QED) is 0.536. The molecule has 3 heteroatoms. The van der Waals surface area contributed by atoms with Crippen LogP contribution in [0.3, 0.4) is 0 Å². The van der Waals surface area contributed by atoms with E-state index in [-0.39, 0.29) is 17.6 Å². The number of hydrogen-bond donors (Lipinski definition) is 0. The maximum Gasteiger partial charge on any atom is 0.224 e. The Morgan fingerprint density at radius 3 is 2.64 bits per heavy atom. The number of carbonyl (C=O) groups is 1. The number of rotatable bonds is 6. The van der Waals surface area contributed by atoms with Crippen molar-refractivity contribution >= 4 is 5.91 Å². The van der Waals surface area contributed by atoms with Crippen molar-refractivity contribution in [2.75, 3.05) is 13.2 Å². The van der Waals surface area contributed by atoms with Gasteiger partial charge in [-0.05, 0) is 45.3 Å². The maximum absolute atomic E-state index is 12.0. The second-order valence-electron chi connectivity index (χ2n) is 6.87. The third-order valence-corrected chi connectivity index (χ3v) is 3.91. The fourth-order valence-electron chi connectivity index (χ4n) is 2.57. The summed E-state index contributed by atoms with van der Waals surface area (Å²) in [4.78, 5) is 13.9. The average Bonchev–Trinajstić information content (AvgIpc) is 2.94. The first kappa shape index (κ1) is 18.7. The summed E-state index contributed by atoms with van der Waals surface area (Å²) in [7, 11) is 0. The van der Waals surface area contributed by atoms with Gasteiger partial charge in [0.05, 0.1) is 6.61 Å². The minimum atomic E-state index is -0.237. The van der Waals surface area contributed by atoms with Crippen LogP contribution < -0.4 is 0 Å². The molecule has 1 atom stereocenters. The highest BCUT2D eigenvalue weighted by Crippen LogP contribution is 2.31. The van der Waals surface area contributed by atoms with E-state index in [2.05, 4.69) is 52.5 Å². The number of hydrogen-bond acceptors (Lipinski definition) is 2. The fraction of sp³-hybridized carbons (Fsp3) is 0.684. The fourth-order valence-corrected chi connectivity index (χ4v) is 2.57. The van der Waals surface area contributed by atoms with Crippen LogP contribution in [0.1, 0.15) is 60.8 Å². The topological polar surface area (TPSA) is 29.5 Å². The van der Waals surface area contributed by atoms with E-state index < -0.39 is 0 Å². The number of nitrogens with zero attached hydrogens (tertiary/aromatic N) is 1. The molecule has 3 nitrogen and oxygen atoms in total. The molecule has 0 radical (unpaired) electrons. The van der Waals surface area contributed by atoms with Gasteiger partial charge in [0.1, 0.15) is 6.23 Å². The third kappa shape index (κ3) is 5.47. The Morgan fingerprint density at radius 1 is 1.36 bits per heavy atom. The molecule has 0 aromatic rings. The summed E-state index contributed by atoms with van der Waals surface area (Å²) >= 11 is 0. The van der Waals surface area contributed by atoms with Gasteiger partial charge in [0.25, 0.3) is 0 Å². The summed E-state index contributed by atoms with van der Waals surface area (Å²) in [6.45, 7) is 13.8. The van der Waals surface area contributed by atoms with Crippen molar-refractivity contribution in [3.8, 4) is 0 Å². The van der Waals surface area contributed by atoms with Gasteiger partial charge in [0.15, 0.2) is 0 Å². The van der Waals surface area contributed by atoms with Crippen LogP contribution >= 0.6 is 0 Å². The standard InChI is InChI=1S/C19H31NO2/c1-7-17(21)20-13-14-22-18(20)19(5,6)12-11-16(4)10-8-9-15(2)3/h9,12,18H,7-8,10,13-14H2,1-6H3/t11?,18-/m0/s1. The lowest BCUT2D eigenvalue weighted by molar-refractivity contribution is -0.140. The zero-order valence-corrected chi connectivity index (χ0v) is 15.0. The number of ether oxygens (including phenoxy) is 1. The van der Waals surface area contributed by atoms with Crippen LogP contribution in [-0.2, 0) is 9.53 Å². The van der Waals surface area contributed by atoms with Crippen molar-refractivity contribution < 1.29 is 9.53 Å². The van der Waals surface area contributed by atoms with Gasteiger partial charge in [-0.2, -0.15) is 0 Å². The minimum absolute atomic E-state index is 0.160. The minimum Gasteiger partial charge on any atom is -0.356 e. The highest BCUT2D eigenvalue weighted by Gasteiger charge is 2.39. The first-order chi connectivity index (χ1) is 10.3. The van der Waals surface area contributed by atoms with Crippen molar-refractivity contribution in [1.82, 2.24) is 4.90 Å². The van der Waals surface area contributed by atoms with E-state index in [1.165, 1.54) is 11.1 Å². The molecule has 124 valence electrons. The Kier molecular flexibility index (Phi) is 7.12. The highest BCUT2D eigenvalue weighted by molar-refractivity contribution is 5.76. The van der Waals surface area contributed by atoms with E-state index >= 15 is 0 Å². The predicted molar refractivity (Wildman–Crippen MR) is 91.5 cm³/mol. The Labute approximate surface area is 135 Å². The maximum atomic E-state index is 12.0. The summed E-state index contributed by atoms with van der Waals surface area (Å²) in [5.41, 5.74) is 5.74. The molecule has 1 rings (SSSR count). The van der Waals surface area contributed by atoms with Crippen molar-refractivity contribution in [3.05, 3.63) is 29.0 Å². The van der Waals surface area contributed by atoms with E-state index in [1.807, 2.05) is 11.8 Å². The van der Waals surface area contributed by atoms with Crippen LogP contribution in [0.25, 0.3) is 0 Å². The lowest BCUT2D eigenvalue weighted by atomic mass is 9.89. The van der Waals surface area contributed by atoms with Gasteiger partial charge in [-0.15, -0.1) is 5.73 Å². The summed E-state index contributed by atoms with van der Waals surface area (Å²) < 4.78 is 5.81. The van der Waals surface area contributed by atoms with Crippen LogP contribution in [0.15, 0.2) is 29.0 Å². The summed E-state index contributed by atoms with van der Waals surface area (Å²) in [5, 5.41) is 0. The Bertz CT molecular complexity index is 478. The molecule has 0 spiro atoms. The molecule has 0 aromatic heterocycles. The summed E-state index contributed by atoms with van der Waals surface area (Å²) in [6, 6.07) is 0. The van der Waals surface area contributed by atoms with E-state index in [4.69, 9.17) is 4.74 Å². The molecule has 0 saturated carbocycles. The molecule has 1 amide bonds. The van der Waals surface area contributed by atoms with Gasteiger partial charge < -0.3 is 9.64 Å². The highest BCUT2D eigenvalue weighted by atomic mass is 16.5. The zero-order chi connectivity index (χ0) is 16.8. The molecule has 1 saturated heterocycles. The SMILES string of the molecule is CCC(=O)N1CCO[C@H]1C(C)(C)C=C=C(C)CCC=C(C)C. The van der Waals surface area contributed by atoms with E-state index in [0.29, 0.717) is 19.6 Å². The molecule has 1 heterocycles. The smallest absolute Gasteiger partial charge is 0.224 e. The molecule has 0 bridgehead atoms. The number of allylic oxidation sites excluding steroid dienone is 2. The van der Waals surface area contributed by atoms with Gasteiger partial charge in [-0.1, -0.05) is 32.4 Å². The zero-order valence-electron chi connectivity index (χ0n) is 15.0. The number of amides is 1. The van der Waals surface area contributed by atoms with Crippen LogP contribution in [0.4, 0.5) is 0 Å². The van der Waals surface area contributed by atoms with Crippen molar-refractivity contribution in [2.24, 2.45) is 5.41 Å². The second-order valence-corrected chi connectivity index (χ2v) is 6.87. The molecular weight excluding hydrogens is 274 g/mol. The molecule has 0 unspecified atom stereocenters. The predicted octanol–water partition coefficient (Wildman–Crippen LogP) is 4.46. The molecule has 0 aliphatic carbocycles. The molecule has 0 aromatic carbocycles. The molecule has 1 fully saturated rings. The van der Waals surface area contributed by atoms with Crippen LogP contribution in [-0.4, -0.2) is 30.2 Å². The Balaban J connectivity index is 2.78. The summed E-state index contributed by atoms with van der Waals surface area (Å²) in [6.07, 6.45) is 6.72. The van der Waals surface area contributed by atoms with Crippen LogP contribution in [0, 0.1) is 5.41 Å². The van der Waals surface area contributed by atoms with Gasteiger partial charge >= 0.3 is 0 Å². The molecule has 1 aliphatic heterocycles. The van der Waals surface area contributed by atoms with Crippen molar-refractivity contribution in [3.63, 3.8) is 0 Å². The number of carbonyl (C=O) groups excluding carboxylic acids is 1. The van der Waals surface area contributed by atoms with Crippen LogP contribution in [0.2, 0.25) is 0 Å². The van der Waals surface area contributed by atoms with Gasteiger partial charge in [-0.25, -0.2) is 0 Å². The lowest BCUT2D eigenvalue weighted by Crippen LogP contribution is -2.44. The first-order valence-electron chi connectivity index (χ1n) is 8.25. The Morgan fingerprint density at radius 2 is 2.05 bits per heavy atom. The molecule has 1 aliphatic rings. The van der Waals surface area contributed by atoms with E-state index in [0.717, 1.165) is 12.8 Å². The largest absolute Gasteiger partial charge is 0.356 e.